The molecule has 0 unspecified atom stereocenters. The van der Waals surface area contributed by atoms with Gasteiger partial charge in [0.1, 0.15) is 0 Å². The van der Waals surface area contributed by atoms with Crippen LogP contribution in [-0.2, 0) is 17.8 Å². The van der Waals surface area contributed by atoms with Crippen LogP contribution in [0.25, 0.3) is 10.9 Å². The van der Waals surface area contributed by atoms with E-state index in [1.54, 1.807) is 0 Å². The van der Waals surface area contributed by atoms with Crippen LogP contribution in [0.4, 0.5) is 0 Å². The molecule has 2 aromatic carbocycles. The Kier molecular flexibility index (Phi) is 6.26. The molecule has 0 radical (unpaired) electrons. The van der Waals surface area contributed by atoms with Crippen LogP contribution in [0.1, 0.15) is 56.2 Å². The van der Waals surface area contributed by atoms with Crippen LogP contribution < -0.4 is 5.32 Å². The van der Waals surface area contributed by atoms with E-state index in [2.05, 4.69) is 85.4 Å². The average molecular weight is 403 g/mol. The van der Waals surface area contributed by atoms with Crippen molar-refractivity contribution in [1.29, 1.82) is 0 Å². The number of benzene rings is 2. The molecule has 3 nitrogen and oxygen atoms in total. The molecule has 1 N–H and O–H groups in total. The summed E-state index contributed by atoms with van der Waals surface area (Å²) in [4.78, 5) is 12.7. The zero-order chi connectivity index (χ0) is 21.1. The number of nitrogens with zero attached hydrogens (tertiary/aromatic N) is 1. The molecule has 1 heterocycles. The maximum absolute atomic E-state index is 12.7. The third kappa shape index (κ3) is 4.61. The third-order valence-corrected chi connectivity index (χ3v) is 7.02. The number of carbonyl (C=O) groups is 1. The molecule has 1 fully saturated rings. The second kappa shape index (κ2) is 9.07. The van der Waals surface area contributed by atoms with Crippen molar-refractivity contribution in [2.75, 3.05) is 0 Å². The molecule has 1 aromatic heterocycles. The monoisotopic (exact) mass is 402 g/mol. The zero-order valence-electron chi connectivity index (χ0n) is 18.5. The highest BCUT2D eigenvalue weighted by molar-refractivity contribution is 5.85. The van der Waals surface area contributed by atoms with Gasteiger partial charge in [0.2, 0.25) is 5.91 Å². The molecule has 1 amide bonds. The van der Waals surface area contributed by atoms with Crippen LogP contribution in [0.3, 0.4) is 0 Å². The standard InChI is InChI=1S/C27H34N2O/c1-19-11-13-22(14-12-19)17-29-18-23(24-8-4-5-10-26(24)29)15-16-27(30)28-25-9-6-7-20(2)21(25)3/h4-5,8,10-14,18,20-21,25H,6-7,9,15-17H2,1-3H3,(H,28,30)/t20-,21-,25-/m1/s1. The van der Waals surface area contributed by atoms with Crippen molar-refractivity contribution in [2.45, 2.75) is 65.5 Å². The van der Waals surface area contributed by atoms with E-state index in [0.29, 0.717) is 24.3 Å². The lowest BCUT2D eigenvalue weighted by Crippen LogP contribution is -2.43. The first-order valence-corrected chi connectivity index (χ1v) is 11.4. The molecule has 1 aliphatic carbocycles. The molecule has 3 aromatic rings. The normalized spacial score (nSPS) is 21.6. The van der Waals surface area contributed by atoms with Crippen LogP contribution in [0.2, 0.25) is 0 Å². The Balaban J connectivity index is 1.45. The van der Waals surface area contributed by atoms with Crippen molar-refractivity contribution < 1.29 is 4.79 Å². The lowest BCUT2D eigenvalue weighted by molar-refractivity contribution is -0.122. The van der Waals surface area contributed by atoms with Gasteiger partial charge in [-0.2, -0.15) is 0 Å². The van der Waals surface area contributed by atoms with Gasteiger partial charge in [-0.05, 0) is 48.8 Å². The van der Waals surface area contributed by atoms with E-state index < -0.39 is 0 Å². The Labute approximate surface area is 180 Å². The first-order chi connectivity index (χ1) is 14.5. The summed E-state index contributed by atoms with van der Waals surface area (Å²) in [5.74, 6) is 1.46. The second-order valence-corrected chi connectivity index (χ2v) is 9.23. The van der Waals surface area contributed by atoms with E-state index in [1.807, 2.05) is 0 Å². The number of fused-ring (bicyclic) bond motifs is 1. The number of carbonyl (C=O) groups excluding carboxylic acids is 1. The van der Waals surface area contributed by atoms with Gasteiger partial charge in [-0.25, -0.2) is 0 Å². The number of rotatable bonds is 6. The van der Waals surface area contributed by atoms with Crippen LogP contribution in [0.15, 0.2) is 54.7 Å². The van der Waals surface area contributed by atoms with E-state index in [4.69, 9.17) is 0 Å². The lowest BCUT2D eigenvalue weighted by Gasteiger charge is -2.34. The number of hydrogen-bond donors (Lipinski definition) is 1. The van der Waals surface area contributed by atoms with E-state index >= 15 is 0 Å². The number of amides is 1. The smallest absolute Gasteiger partial charge is 0.220 e. The predicted molar refractivity (Wildman–Crippen MR) is 125 cm³/mol. The summed E-state index contributed by atoms with van der Waals surface area (Å²) >= 11 is 0. The molecule has 1 aliphatic rings. The van der Waals surface area contributed by atoms with Gasteiger partial charge in [0.25, 0.3) is 0 Å². The Hall–Kier alpha value is -2.55. The summed E-state index contributed by atoms with van der Waals surface area (Å²) in [5.41, 5.74) is 5.08. The van der Waals surface area contributed by atoms with Gasteiger partial charge < -0.3 is 9.88 Å². The quantitative estimate of drug-likeness (QED) is 0.549. The molecule has 4 rings (SSSR count). The molecule has 0 spiro atoms. The van der Waals surface area contributed by atoms with Gasteiger partial charge >= 0.3 is 0 Å². The van der Waals surface area contributed by atoms with Gasteiger partial charge in [0, 0.05) is 36.1 Å². The topological polar surface area (TPSA) is 34.0 Å². The van der Waals surface area contributed by atoms with Crippen LogP contribution >= 0.6 is 0 Å². The maximum Gasteiger partial charge on any atom is 0.220 e. The summed E-state index contributed by atoms with van der Waals surface area (Å²) < 4.78 is 2.32. The maximum atomic E-state index is 12.7. The van der Waals surface area contributed by atoms with Gasteiger partial charge in [-0.1, -0.05) is 74.7 Å². The molecule has 3 heteroatoms. The molecule has 1 saturated carbocycles. The van der Waals surface area contributed by atoms with E-state index in [0.717, 1.165) is 19.4 Å². The van der Waals surface area contributed by atoms with Crippen molar-refractivity contribution in [1.82, 2.24) is 9.88 Å². The summed E-state index contributed by atoms with van der Waals surface area (Å²) in [6.07, 6.45) is 7.20. The minimum absolute atomic E-state index is 0.191. The van der Waals surface area contributed by atoms with Gasteiger partial charge in [-0.15, -0.1) is 0 Å². The minimum atomic E-state index is 0.191. The lowest BCUT2D eigenvalue weighted by atomic mass is 9.78. The molecule has 0 saturated heterocycles. The largest absolute Gasteiger partial charge is 0.353 e. The first kappa shape index (κ1) is 20.7. The van der Waals surface area contributed by atoms with Crippen molar-refractivity contribution in [3.05, 3.63) is 71.4 Å². The predicted octanol–water partition coefficient (Wildman–Crippen LogP) is 5.87. The Bertz CT molecular complexity index is 1000. The fourth-order valence-corrected chi connectivity index (χ4v) is 4.86. The number of para-hydroxylation sites is 1. The molecule has 0 bridgehead atoms. The Morgan fingerprint density at radius 3 is 2.63 bits per heavy atom. The molecule has 30 heavy (non-hydrogen) atoms. The highest BCUT2D eigenvalue weighted by atomic mass is 16.1. The molecular weight excluding hydrogens is 368 g/mol. The van der Waals surface area contributed by atoms with Crippen LogP contribution in [0, 0.1) is 18.8 Å². The van der Waals surface area contributed by atoms with Crippen LogP contribution in [-0.4, -0.2) is 16.5 Å². The van der Waals surface area contributed by atoms with E-state index in [1.165, 1.54) is 40.4 Å². The van der Waals surface area contributed by atoms with Crippen LogP contribution in [0.5, 0.6) is 0 Å². The highest BCUT2D eigenvalue weighted by Gasteiger charge is 2.28. The third-order valence-electron chi connectivity index (χ3n) is 7.02. The molecule has 158 valence electrons. The molecule has 0 aliphatic heterocycles. The number of aryl methyl sites for hydroxylation is 2. The zero-order valence-corrected chi connectivity index (χ0v) is 18.5. The van der Waals surface area contributed by atoms with Crippen molar-refractivity contribution in [3.63, 3.8) is 0 Å². The van der Waals surface area contributed by atoms with Gasteiger partial charge in [-0.3, -0.25) is 4.79 Å². The van der Waals surface area contributed by atoms with E-state index in [9.17, 15) is 4.79 Å². The summed E-state index contributed by atoms with van der Waals surface area (Å²) in [7, 11) is 0. The SMILES string of the molecule is Cc1ccc(Cn2cc(CCC(=O)N[C@@H]3CCC[C@@H](C)[C@H]3C)c3ccccc32)cc1. The molecular formula is C27H34N2O. The Morgan fingerprint density at radius 2 is 1.83 bits per heavy atom. The minimum Gasteiger partial charge on any atom is -0.353 e. The number of aromatic nitrogens is 1. The van der Waals surface area contributed by atoms with Crippen molar-refractivity contribution >= 4 is 16.8 Å². The molecule has 3 atom stereocenters. The second-order valence-electron chi connectivity index (χ2n) is 9.23. The van der Waals surface area contributed by atoms with Gasteiger partial charge in [0.05, 0.1) is 0 Å². The van der Waals surface area contributed by atoms with Crippen molar-refractivity contribution in [2.24, 2.45) is 11.8 Å². The van der Waals surface area contributed by atoms with E-state index in [-0.39, 0.29) is 5.91 Å². The fourth-order valence-electron chi connectivity index (χ4n) is 4.86. The highest BCUT2D eigenvalue weighted by Crippen LogP contribution is 2.29. The summed E-state index contributed by atoms with van der Waals surface area (Å²) in [6, 6.07) is 17.6. The van der Waals surface area contributed by atoms with Crippen molar-refractivity contribution in [3.8, 4) is 0 Å². The van der Waals surface area contributed by atoms with Gasteiger partial charge in [0.15, 0.2) is 0 Å². The Morgan fingerprint density at radius 1 is 1.07 bits per heavy atom. The summed E-state index contributed by atoms with van der Waals surface area (Å²) in [6.45, 7) is 7.57. The fraction of sp³-hybridized carbons (Fsp3) is 0.444. The number of hydrogen-bond acceptors (Lipinski definition) is 1. The first-order valence-electron chi connectivity index (χ1n) is 11.4. The number of nitrogens with one attached hydrogen (secondary N) is 1. The summed E-state index contributed by atoms with van der Waals surface area (Å²) in [5, 5.41) is 4.58. The average Bonchev–Trinajstić information content (AvgIpc) is 3.09.